The van der Waals surface area contributed by atoms with Crippen molar-refractivity contribution in [1.82, 2.24) is 4.90 Å². The number of thioether (sulfide) groups is 1. The Hall–Kier alpha value is -1.49. The number of amides is 1. The number of carbonyl (C=O) groups excluding carboxylic acids is 1. The summed E-state index contributed by atoms with van der Waals surface area (Å²) in [5, 5.41) is 9.04. The number of benzene rings is 1. The van der Waals surface area contributed by atoms with Crippen LogP contribution in [0.1, 0.15) is 22.8 Å². The van der Waals surface area contributed by atoms with Gasteiger partial charge < -0.3 is 10.0 Å². The first-order valence-corrected chi connectivity index (χ1v) is 6.79. The van der Waals surface area contributed by atoms with Crippen LogP contribution in [0.2, 0.25) is 0 Å². The highest BCUT2D eigenvalue weighted by Crippen LogP contribution is 2.30. The standard InChI is InChI=1S/C13H15NO3S/c1-8-3-5-10(6-4-8)12(15)14-9(2)18-7-11(14)13(16)17/h3-6,9,11H,7H2,1-2H3,(H,16,17). The van der Waals surface area contributed by atoms with Gasteiger partial charge in [0, 0.05) is 11.3 Å². The number of aliphatic carboxylic acids is 1. The molecule has 4 nitrogen and oxygen atoms in total. The van der Waals surface area contributed by atoms with Crippen molar-refractivity contribution < 1.29 is 14.7 Å². The van der Waals surface area contributed by atoms with Crippen LogP contribution >= 0.6 is 11.8 Å². The van der Waals surface area contributed by atoms with Crippen molar-refractivity contribution in [2.24, 2.45) is 0 Å². The molecule has 0 aromatic heterocycles. The molecule has 0 radical (unpaired) electrons. The zero-order chi connectivity index (χ0) is 13.3. The highest BCUT2D eigenvalue weighted by molar-refractivity contribution is 8.00. The summed E-state index contributed by atoms with van der Waals surface area (Å²) in [6, 6.07) is 6.48. The van der Waals surface area contributed by atoms with Gasteiger partial charge in [-0.2, -0.15) is 0 Å². The zero-order valence-electron chi connectivity index (χ0n) is 10.3. The number of hydrogen-bond acceptors (Lipinski definition) is 3. The average Bonchev–Trinajstić information content (AvgIpc) is 2.71. The van der Waals surface area contributed by atoms with E-state index in [-0.39, 0.29) is 11.3 Å². The van der Waals surface area contributed by atoms with Crippen molar-refractivity contribution in [3.05, 3.63) is 35.4 Å². The van der Waals surface area contributed by atoms with Crippen LogP contribution in [0.25, 0.3) is 0 Å². The molecule has 1 aromatic rings. The lowest BCUT2D eigenvalue weighted by atomic mass is 10.1. The summed E-state index contributed by atoms with van der Waals surface area (Å²) in [6.45, 7) is 3.81. The van der Waals surface area contributed by atoms with E-state index in [1.807, 2.05) is 26.0 Å². The van der Waals surface area contributed by atoms with E-state index in [4.69, 9.17) is 5.11 Å². The van der Waals surface area contributed by atoms with Gasteiger partial charge in [0.1, 0.15) is 6.04 Å². The molecule has 1 aliphatic rings. The van der Waals surface area contributed by atoms with E-state index in [9.17, 15) is 9.59 Å². The van der Waals surface area contributed by atoms with Crippen molar-refractivity contribution in [2.75, 3.05) is 5.75 Å². The van der Waals surface area contributed by atoms with E-state index >= 15 is 0 Å². The summed E-state index contributed by atoms with van der Waals surface area (Å²) in [4.78, 5) is 24.9. The molecule has 1 heterocycles. The minimum atomic E-state index is -0.938. The molecule has 18 heavy (non-hydrogen) atoms. The van der Waals surface area contributed by atoms with Gasteiger partial charge in [-0.1, -0.05) is 17.7 Å². The molecular weight excluding hydrogens is 250 g/mol. The normalized spacial score (nSPS) is 23.1. The lowest BCUT2D eigenvalue weighted by molar-refractivity contribution is -0.141. The molecule has 0 spiro atoms. The van der Waals surface area contributed by atoms with Gasteiger partial charge in [0.15, 0.2) is 0 Å². The number of carboxylic acid groups (broad SMARTS) is 1. The summed E-state index contributed by atoms with van der Waals surface area (Å²) in [6.07, 6.45) is 0. The fourth-order valence-corrected chi connectivity index (χ4v) is 3.15. The van der Waals surface area contributed by atoms with Gasteiger partial charge in [-0.05, 0) is 26.0 Å². The second kappa shape index (κ2) is 5.02. The van der Waals surface area contributed by atoms with Crippen molar-refractivity contribution in [2.45, 2.75) is 25.3 Å². The molecule has 2 unspecified atom stereocenters. The summed E-state index contributed by atoms with van der Waals surface area (Å²) >= 11 is 1.49. The molecule has 1 amide bonds. The first-order valence-electron chi connectivity index (χ1n) is 5.74. The third-order valence-corrected chi connectivity index (χ3v) is 4.26. The van der Waals surface area contributed by atoms with Gasteiger partial charge >= 0.3 is 5.97 Å². The van der Waals surface area contributed by atoms with E-state index in [0.717, 1.165) is 5.56 Å². The largest absolute Gasteiger partial charge is 0.480 e. The Morgan fingerprint density at radius 3 is 2.50 bits per heavy atom. The molecule has 1 aromatic carbocycles. The monoisotopic (exact) mass is 265 g/mol. The van der Waals surface area contributed by atoms with E-state index in [2.05, 4.69) is 0 Å². The maximum Gasteiger partial charge on any atom is 0.327 e. The number of carboxylic acids is 1. The number of nitrogens with zero attached hydrogens (tertiary/aromatic N) is 1. The van der Waals surface area contributed by atoms with Gasteiger partial charge in [-0.15, -0.1) is 11.8 Å². The minimum absolute atomic E-state index is 0.0973. The van der Waals surface area contributed by atoms with Crippen LogP contribution < -0.4 is 0 Å². The third-order valence-electron chi connectivity index (χ3n) is 3.04. The molecule has 0 aliphatic carbocycles. The second-order valence-electron chi connectivity index (χ2n) is 4.37. The van der Waals surface area contributed by atoms with Gasteiger partial charge in [0.2, 0.25) is 0 Å². The molecule has 2 atom stereocenters. The maximum absolute atomic E-state index is 12.3. The lowest BCUT2D eigenvalue weighted by Gasteiger charge is -2.25. The topological polar surface area (TPSA) is 57.6 Å². The molecule has 1 aliphatic heterocycles. The Kier molecular flexibility index (Phi) is 3.61. The lowest BCUT2D eigenvalue weighted by Crippen LogP contribution is -2.44. The number of aryl methyl sites for hydroxylation is 1. The summed E-state index contributed by atoms with van der Waals surface area (Å²) < 4.78 is 0. The van der Waals surface area contributed by atoms with Crippen LogP contribution in [0.3, 0.4) is 0 Å². The van der Waals surface area contributed by atoms with Crippen molar-refractivity contribution >= 4 is 23.6 Å². The molecule has 5 heteroatoms. The fourth-order valence-electron chi connectivity index (χ4n) is 1.99. The highest BCUT2D eigenvalue weighted by atomic mass is 32.2. The van der Waals surface area contributed by atoms with Crippen LogP contribution in [0.15, 0.2) is 24.3 Å². The average molecular weight is 265 g/mol. The molecule has 2 rings (SSSR count). The number of carbonyl (C=O) groups is 2. The van der Waals surface area contributed by atoms with Crippen LogP contribution in [-0.4, -0.2) is 39.1 Å². The van der Waals surface area contributed by atoms with E-state index < -0.39 is 12.0 Å². The molecule has 1 fully saturated rings. The predicted octanol–water partition coefficient (Wildman–Crippen LogP) is 1.98. The Balaban J connectivity index is 2.26. The first-order chi connectivity index (χ1) is 8.50. The molecule has 1 saturated heterocycles. The Morgan fingerprint density at radius 2 is 1.94 bits per heavy atom. The van der Waals surface area contributed by atoms with Crippen LogP contribution in [0.4, 0.5) is 0 Å². The number of rotatable bonds is 2. The fraction of sp³-hybridized carbons (Fsp3) is 0.385. The first kappa shape index (κ1) is 13.0. The molecule has 0 bridgehead atoms. The summed E-state index contributed by atoms with van der Waals surface area (Å²) in [5.41, 5.74) is 1.62. The van der Waals surface area contributed by atoms with Crippen molar-refractivity contribution in [1.29, 1.82) is 0 Å². The predicted molar refractivity (Wildman–Crippen MR) is 70.7 cm³/mol. The quantitative estimate of drug-likeness (QED) is 0.888. The van der Waals surface area contributed by atoms with E-state index in [1.54, 1.807) is 12.1 Å². The summed E-state index contributed by atoms with van der Waals surface area (Å²) in [5.74, 6) is -0.694. The SMILES string of the molecule is Cc1ccc(C(=O)N2C(C)SCC2C(=O)O)cc1. The van der Waals surface area contributed by atoms with Crippen molar-refractivity contribution in [3.63, 3.8) is 0 Å². The van der Waals surface area contributed by atoms with Gasteiger partial charge in [0.05, 0.1) is 5.37 Å². The molecule has 96 valence electrons. The third kappa shape index (κ3) is 2.36. The second-order valence-corrected chi connectivity index (χ2v) is 5.71. The van der Waals surface area contributed by atoms with Crippen LogP contribution in [0, 0.1) is 6.92 Å². The molecule has 1 N–H and O–H groups in total. The van der Waals surface area contributed by atoms with Gasteiger partial charge in [-0.25, -0.2) is 4.79 Å². The molecule has 0 saturated carbocycles. The van der Waals surface area contributed by atoms with Gasteiger partial charge in [-0.3, -0.25) is 4.79 Å². The van der Waals surface area contributed by atoms with Gasteiger partial charge in [0.25, 0.3) is 5.91 Å². The number of hydrogen-bond donors (Lipinski definition) is 1. The summed E-state index contributed by atoms with van der Waals surface area (Å²) in [7, 11) is 0. The Morgan fingerprint density at radius 1 is 1.33 bits per heavy atom. The van der Waals surface area contributed by atoms with Crippen LogP contribution in [-0.2, 0) is 4.79 Å². The smallest absolute Gasteiger partial charge is 0.327 e. The Labute approximate surface area is 110 Å². The van der Waals surface area contributed by atoms with Crippen LogP contribution in [0.5, 0.6) is 0 Å². The maximum atomic E-state index is 12.3. The zero-order valence-corrected chi connectivity index (χ0v) is 11.1. The van der Waals surface area contributed by atoms with E-state index in [1.165, 1.54) is 16.7 Å². The molecular formula is C13H15NO3S. The minimum Gasteiger partial charge on any atom is -0.480 e. The Bertz CT molecular complexity index is 472. The van der Waals surface area contributed by atoms with E-state index in [0.29, 0.717) is 11.3 Å². The van der Waals surface area contributed by atoms with Crippen molar-refractivity contribution in [3.8, 4) is 0 Å². The highest BCUT2D eigenvalue weighted by Gasteiger charge is 2.39.